The van der Waals surface area contributed by atoms with Gasteiger partial charge in [0.25, 0.3) is 5.56 Å². The van der Waals surface area contributed by atoms with E-state index in [0.29, 0.717) is 17.5 Å². The first-order valence-corrected chi connectivity index (χ1v) is 13.1. The molecule has 0 aliphatic rings. The minimum atomic E-state index is -1.27. The lowest BCUT2D eigenvalue weighted by Gasteiger charge is -2.28. The van der Waals surface area contributed by atoms with Crippen molar-refractivity contribution in [1.82, 2.24) is 20.2 Å². The first-order valence-electron chi connectivity index (χ1n) is 13.1. The van der Waals surface area contributed by atoms with Gasteiger partial charge in [-0.05, 0) is 36.0 Å². The third-order valence-corrected chi connectivity index (χ3v) is 6.84. The van der Waals surface area contributed by atoms with Crippen molar-refractivity contribution in [2.24, 2.45) is 11.8 Å². The highest BCUT2D eigenvalue weighted by Gasteiger charge is 2.33. The Morgan fingerprint density at radius 3 is 2.18 bits per heavy atom. The number of fused-ring (bicyclic) bond motifs is 1. The van der Waals surface area contributed by atoms with Gasteiger partial charge in [0.05, 0.1) is 10.9 Å². The fourth-order valence-corrected chi connectivity index (χ4v) is 4.50. The Bertz CT molecular complexity index is 1430. The lowest BCUT2D eigenvalue weighted by Crippen LogP contribution is -2.56. The van der Waals surface area contributed by atoms with Crippen molar-refractivity contribution < 1.29 is 19.5 Å². The quantitative estimate of drug-likeness (QED) is 0.279. The maximum Gasteiger partial charge on any atom is 0.329 e. The predicted octanol–water partition coefficient (Wildman–Crippen LogP) is 2.62. The molecule has 0 bridgehead atoms. The summed E-state index contributed by atoms with van der Waals surface area (Å²) in [5.74, 6) is -2.83. The third-order valence-electron chi connectivity index (χ3n) is 6.84. The predicted molar refractivity (Wildman–Crippen MR) is 148 cm³/mol. The molecule has 208 valence electrons. The van der Waals surface area contributed by atoms with Crippen LogP contribution in [-0.2, 0) is 20.8 Å². The Kier molecular flexibility index (Phi) is 9.81. The summed E-state index contributed by atoms with van der Waals surface area (Å²) in [5.41, 5.74) is -0.311. The molecule has 0 unspecified atom stereocenters. The van der Waals surface area contributed by atoms with Crippen molar-refractivity contribution in [2.75, 3.05) is 0 Å². The molecule has 2 aromatic carbocycles. The number of aromatic amines is 1. The van der Waals surface area contributed by atoms with Crippen LogP contribution in [0.15, 0.2) is 64.2 Å². The lowest BCUT2D eigenvalue weighted by atomic mass is 9.96. The molecule has 1 aromatic heterocycles. The SMILES string of the molecule is CC[C@H](C)[C@H](NC(=O)[C@H](Cc1ccccc1)n1c(=O)[nH]c2ccccc2c1=O)C(=O)N[C@H](CC(C)C)C(=O)O. The molecular weight excluding hydrogens is 500 g/mol. The van der Waals surface area contributed by atoms with Crippen molar-refractivity contribution in [1.29, 1.82) is 0 Å². The van der Waals surface area contributed by atoms with E-state index in [4.69, 9.17) is 0 Å². The van der Waals surface area contributed by atoms with Crippen molar-refractivity contribution in [3.63, 3.8) is 0 Å². The number of aromatic nitrogens is 2. The normalized spacial score (nSPS) is 14.4. The number of carboxylic acids is 1. The number of benzene rings is 2. The molecule has 0 aliphatic carbocycles. The molecule has 0 spiro atoms. The topological polar surface area (TPSA) is 150 Å². The van der Waals surface area contributed by atoms with Crippen LogP contribution in [0.5, 0.6) is 0 Å². The van der Waals surface area contributed by atoms with E-state index < -0.39 is 47.2 Å². The van der Waals surface area contributed by atoms with E-state index in [1.54, 1.807) is 55.5 Å². The van der Waals surface area contributed by atoms with E-state index in [1.165, 1.54) is 0 Å². The minimum absolute atomic E-state index is 0.0183. The van der Waals surface area contributed by atoms with Gasteiger partial charge in [-0.25, -0.2) is 14.2 Å². The van der Waals surface area contributed by atoms with Crippen molar-refractivity contribution in [2.45, 2.75) is 65.1 Å². The maximum atomic E-state index is 13.8. The summed E-state index contributed by atoms with van der Waals surface area (Å²) in [6, 6.07) is 12.0. The number of H-pyrrole nitrogens is 1. The number of nitrogens with one attached hydrogen (secondary N) is 3. The number of para-hydroxylation sites is 1. The average molecular weight is 537 g/mol. The van der Waals surface area contributed by atoms with Crippen LogP contribution in [0.3, 0.4) is 0 Å². The first kappa shape index (κ1) is 29.3. The van der Waals surface area contributed by atoms with Crippen LogP contribution in [0.2, 0.25) is 0 Å². The molecule has 2 amide bonds. The number of rotatable bonds is 12. The zero-order chi connectivity index (χ0) is 28.7. The van der Waals surface area contributed by atoms with Crippen LogP contribution in [0.1, 0.15) is 52.1 Å². The average Bonchev–Trinajstić information content (AvgIpc) is 2.90. The summed E-state index contributed by atoms with van der Waals surface area (Å²) in [5, 5.41) is 15.1. The van der Waals surface area contributed by atoms with Crippen molar-refractivity contribution in [3.8, 4) is 0 Å². The summed E-state index contributed by atoms with van der Waals surface area (Å²) in [6.07, 6.45) is 0.759. The highest BCUT2D eigenvalue weighted by atomic mass is 16.4. The van der Waals surface area contributed by atoms with Crippen LogP contribution in [0.4, 0.5) is 0 Å². The van der Waals surface area contributed by atoms with Gasteiger partial charge in [-0.3, -0.25) is 14.4 Å². The Hall–Kier alpha value is -4.21. The second-order valence-corrected chi connectivity index (χ2v) is 10.3. The van der Waals surface area contributed by atoms with Crippen LogP contribution < -0.4 is 21.9 Å². The number of carbonyl (C=O) groups excluding carboxylic acids is 2. The molecule has 0 saturated carbocycles. The molecule has 0 saturated heterocycles. The minimum Gasteiger partial charge on any atom is -0.480 e. The summed E-state index contributed by atoms with van der Waals surface area (Å²) >= 11 is 0. The highest BCUT2D eigenvalue weighted by Crippen LogP contribution is 2.16. The molecule has 10 nitrogen and oxygen atoms in total. The molecule has 3 rings (SSSR count). The first-order chi connectivity index (χ1) is 18.5. The van der Waals surface area contributed by atoms with Gasteiger partial charge in [0.15, 0.2) is 0 Å². The number of carboxylic acid groups (broad SMARTS) is 1. The number of hydrogen-bond donors (Lipinski definition) is 4. The van der Waals surface area contributed by atoms with Gasteiger partial charge in [0, 0.05) is 6.42 Å². The number of hydrogen-bond acceptors (Lipinski definition) is 5. The van der Waals surface area contributed by atoms with Crippen LogP contribution >= 0.6 is 0 Å². The van der Waals surface area contributed by atoms with E-state index >= 15 is 0 Å². The summed E-state index contributed by atoms with van der Waals surface area (Å²) in [4.78, 5) is 68.0. The van der Waals surface area contributed by atoms with Gasteiger partial charge in [-0.15, -0.1) is 0 Å². The fourth-order valence-electron chi connectivity index (χ4n) is 4.50. The molecule has 0 aliphatic heterocycles. The molecule has 1 heterocycles. The number of amides is 2. The second-order valence-electron chi connectivity index (χ2n) is 10.3. The molecule has 4 atom stereocenters. The van der Waals surface area contributed by atoms with E-state index in [9.17, 15) is 29.1 Å². The maximum absolute atomic E-state index is 13.8. The number of nitrogens with zero attached hydrogens (tertiary/aromatic N) is 1. The number of aliphatic carboxylic acids is 1. The van der Waals surface area contributed by atoms with Gasteiger partial charge >= 0.3 is 11.7 Å². The van der Waals surface area contributed by atoms with Crippen LogP contribution in [0, 0.1) is 11.8 Å². The van der Waals surface area contributed by atoms with E-state index in [-0.39, 0.29) is 30.1 Å². The Labute approximate surface area is 226 Å². The summed E-state index contributed by atoms with van der Waals surface area (Å²) in [7, 11) is 0. The van der Waals surface area contributed by atoms with Gasteiger partial charge < -0.3 is 20.7 Å². The molecule has 0 fully saturated rings. The molecule has 39 heavy (non-hydrogen) atoms. The van der Waals surface area contributed by atoms with E-state index in [1.807, 2.05) is 26.8 Å². The second kappa shape index (κ2) is 13.0. The molecule has 10 heteroatoms. The zero-order valence-electron chi connectivity index (χ0n) is 22.6. The van der Waals surface area contributed by atoms with Gasteiger partial charge in [-0.2, -0.15) is 0 Å². The molecule has 3 aromatic rings. The van der Waals surface area contributed by atoms with E-state index in [2.05, 4.69) is 15.6 Å². The van der Waals surface area contributed by atoms with Crippen molar-refractivity contribution >= 4 is 28.7 Å². The standard InChI is InChI=1S/C29H36N4O6/c1-5-18(4)24(26(35)30-22(28(37)38)15-17(2)3)32-25(34)23(16-19-11-7-6-8-12-19)33-27(36)20-13-9-10-14-21(20)31-29(33)39/h6-14,17-18,22-24H,5,15-16H2,1-4H3,(H,30,35)(H,31,39)(H,32,34)(H,37,38)/t18-,22+,23-,24-/m0/s1. The van der Waals surface area contributed by atoms with Crippen molar-refractivity contribution in [3.05, 3.63) is 81.0 Å². The fraction of sp³-hybridized carbons (Fsp3) is 0.414. The molecule has 0 radical (unpaired) electrons. The monoisotopic (exact) mass is 536 g/mol. The molecule has 4 N–H and O–H groups in total. The Morgan fingerprint density at radius 1 is 0.923 bits per heavy atom. The third kappa shape index (κ3) is 7.22. The highest BCUT2D eigenvalue weighted by molar-refractivity contribution is 5.91. The lowest BCUT2D eigenvalue weighted by molar-refractivity contribution is -0.143. The summed E-state index contributed by atoms with van der Waals surface area (Å²) < 4.78 is 0.884. The zero-order valence-corrected chi connectivity index (χ0v) is 22.6. The summed E-state index contributed by atoms with van der Waals surface area (Å²) in [6.45, 7) is 7.32. The van der Waals surface area contributed by atoms with Gasteiger partial charge in [0.2, 0.25) is 11.8 Å². The van der Waals surface area contributed by atoms with Crippen LogP contribution in [-0.4, -0.2) is 44.5 Å². The van der Waals surface area contributed by atoms with Gasteiger partial charge in [0.1, 0.15) is 18.1 Å². The Balaban J connectivity index is 2.02. The largest absolute Gasteiger partial charge is 0.480 e. The Morgan fingerprint density at radius 2 is 1.56 bits per heavy atom. The van der Waals surface area contributed by atoms with E-state index in [0.717, 1.165) is 4.57 Å². The van der Waals surface area contributed by atoms with Crippen LogP contribution in [0.25, 0.3) is 10.9 Å². The van der Waals surface area contributed by atoms with Gasteiger partial charge in [-0.1, -0.05) is 76.6 Å². The smallest absolute Gasteiger partial charge is 0.329 e. The number of carbonyl (C=O) groups is 3. The molecular formula is C29H36N4O6.